The van der Waals surface area contributed by atoms with Gasteiger partial charge in [0, 0.05) is 18.3 Å². The molecule has 20 heavy (non-hydrogen) atoms. The Morgan fingerprint density at radius 2 is 2.15 bits per heavy atom. The first kappa shape index (κ1) is 15.2. The van der Waals surface area contributed by atoms with Crippen molar-refractivity contribution in [1.82, 2.24) is 9.29 Å². The number of hydrogen-bond donors (Lipinski definition) is 2. The lowest BCUT2D eigenvalue weighted by Crippen LogP contribution is -2.48. The van der Waals surface area contributed by atoms with E-state index in [1.807, 2.05) is 6.92 Å². The average Bonchev–Trinajstić information content (AvgIpc) is 2.42. The van der Waals surface area contributed by atoms with Crippen molar-refractivity contribution in [3.8, 4) is 0 Å². The lowest BCUT2D eigenvalue weighted by Gasteiger charge is -2.33. The molecule has 0 aliphatic carbocycles. The molecule has 1 aliphatic heterocycles. The Hall–Kier alpha value is -1.18. The van der Waals surface area contributed by atoms with E-state index in [-0.39, 0.29) is 12.6 Å². The van der Waals surface area contributed by atoms with Gasteiger partial charge >= 0.3 is 10.2 Å². The van der Waals surface area contributed by atoms with Crippen LogP contribution in [0.3, 0.4) is 0 Å². The molecule has 1 fully saturated rings. The van der Waals surface area contributed by atoms with E-state index in [0.29, 0.717) is 24.3 Å². The molecule has 0 amide bonds. The van der Waals surface area contributed by atoms with Crippen LogP contribution in [0.15, 0.2) is 12.1 Å². The minimum atomic E-state index is -3.65. The molecule has 6 nitrogen and oxygen atoms in total. The summed E-state index contributed by atoms with van der Waals surface area (Å²) in [4.78, 5) is 4.25. The Bertz CT molecular complexity index is 574. The van der Waals surface area contributed by atoms with Crippen molar-refractivity contribution in [2.75, 3.05) is 17.9 Å². The molecule has 7 heteroatoms. The van der Waals surface area contributed by atoms with Gasteiger partial charge in [-0.15, -0.1) is 0 Å². The number of nitrogens with one attached hydrogen (secondary N) is 1. The Kier molecular flexibility index (Phi) is 4.62. The number of pyridine rings is 1. The number of nitrogens with zero attached hydrogens (tertiary/aromatic N) is 2. The average molecular weight is 299 g/mol. The number of hydrogen-bond acceptors (Lipinski definition) is 4. The first-order chi connectivity index (χ1) is 9.44. The Labute approximate surface area is 120 Å². The fourth-order valence-corrected chi connectivity index (χ4v) is 4.01. The summed E-state index contributed by atoms with van der Waals surface area (Å²) in [7, 11) is -3.65. The summed E-state index contributed by atoms with van der Waals surface area (Å²) < 4.78 is 28.8. The van der Waals surface area contributed by atoms with Crippen LogP contribution in [0.1, 0.15) is 30.7 Å². The van der Waals surface area contributed by atoms with Crippen molar-refractivity contribution in [2.45, 2.75) is 39.2 Å². The zero-order valence-electron chi connectivity index (χ0n) is 11.8. The van der Waals surface area contributed by atoms with Gasteiger partial charge in [0.25, 0.3) is 0 Å². The van der Waals surface area contributed by atoms with Crippen LogP contribution < -0.4 is 4.72 Å². The minimum absolute atomic E-state index is 0.147. The molecule has 1 atom stereocenters. The number of aromatic nitrogens is 1. The maximum absolute atomic E-state index is 12.4. The molecule has 0 aromatic carbocycles. The number of piperidine rings is 1. The second-order valence-corrected chi connectivity index (χ2v) is 6.76. The predicted molar refractivity (Wildman–Crippen MR) is 77.7 cm³/mol. The standard InChI is InChI=1S/C13H21N3O3S/c1-10-6-7-13(11(2)14-10)15-20(18,19)16-8-4-3-5-12(16)9-17/h6-7,12,15,17H,3-5,8-9H2,1-2H3. The molecular weight excluding hydrogens is 278 g/mol. The lowest BCUT2D eigenvalue weighted by atomic mass is 10.1. The van der Waals surface area contributed by atoms with E-state index in [0.717, 1.165) is 18.5 Å². The fourth-order valence-electron chi connectivity index (χ4n) is 2.46. The van der Waals surface area contributed by atoms with Crippen LogP contribution in [0.25, 0.3) is 0 Å². The van der Waals surface area contributed by atoms with Crippen molar-refractivity contribution < 1.29 is 13.5 Å². The van der Waals surface area contributed by atoms with E-state index in [1.165, 1.54) is 4.31 Å². The van der Waals surface area contributed by atoms with Gasteiger partial charge in [-0.2, -0.15) is 12.7 Å². The second-order valence-electron chi connectivity index (χ2n) is 5.14. The Morgan fingerprint density at radius 1 is 1.40 bits per heavy atom. The normalized spacial score (nSPS) is 20.9. The molecule has 2 rings (SSSR count). The van der Waals surface area contributed by atoms with Gasteiger partial charge < -0.3 is 5.11 Å². The summed E-state index contributed by atoms with van der Waals surface area (Å²) in [6, 6.07) is 3.15. The molecule has 1 aromatic rings. The molecule has 0 bridgehead atoms. The number of anilines is 1. The van der Waals surface area contributed by atoms with Crippen molar-refractivity contribution >= 4 is 15.9 Å². The molecule has 0 radical (unpaired) electrons. The maximum Gasteiger partial charge on any atom is 0.302 e. The highest BCUT2D eigenvalue weighted by molar-refractivity contribution is 7.90. The van der Waals surface area contributed by atoms with Gasteiger partial charge in [0.15, 0.2) is 0 Å². The van der Waals surface area contributed by atoms with Crippen molar-refractivity contribution in [3.05, 3.63) is 23.5 Å². The molecule has 1 saturated heterocycles. The van der Waals surface area contributed by atoms with Crippen molar-refractivity contribution in [3.63, 3.8) is 0 Å². The van der Waals surface area contributed by atoms with Gasteiger partial charge in [0.05, 0.1) is 18.0 Å². The van der Waals surface area contributed by atoms with E-state index < -0.39 is 10.2 Å². The minimum Gasteiger partial charge on any atom is -0.395 e. The lowest BCUT2D eigenvalue weighted by molar-refractivity contribution is 0.156. The predicted octanol–water partition coefficient (Wildman–Crippen LogP) is 1.20. The maximum atomic E-state index is 12.4. The van der Waals surface area contributed by atoms with Crippen LogP contribution in [-0.4, -0.2) is 42.0 Å². The molecule has 2 N–H and O–H groups in total. The van der Waals surface area contributed by atoms with Crippen molar-refractivity contribution in [1.29, 1.82) is 0 Å². The second kappa shape index (κ2) is 6.07. The zero-order chi connectivity index (χ0) is 14.8. The smallest absolute Gasteiger partial charge is 0.302 e. The quantitative estimate of drug-likeness (QED) is 0.875. The third kappa shape index (κ3) is 3.28. The van der Waals surface area contributed by atoms with Gasteiger partial charge in [-0.05, 0) is 38.8 Å². The molecule has 1 unspecified atom stereocenters. The molecule has 0 saturated carbocycles. The monoisotopic (exact) mass is 299 g/mol. The number of aliphatic hydroxyl groups is 1. The Balaban J connectivity index is 2.21. The van der Waals surface area contributed by atoms with Crippen LogP contribution in [0.2, 0.25) is 0 Å². The van der Waals surface area contributed by atoms with Crippen LogP contribution in [-0.2, 0) is 10.2 Å². The zero-order valence-corrected chi connectivity index (χ0v) is 12.7. The molecule has 0 spiro atoms. The number of rotatable bonds is 4. The van der Waals surface area contributed by atoms with E-state index in [2.05, 4.69) is 9.71 Å². The SMILES string of the molecule is Cc1ccc(NS(=O)(=O)N2CCCCC2CO)c(C)n1. The molecular formula is C13H21N3O3S. The van der Waals surface area contributed by atoms with E-state index in [4.69, 9.17) is 0 Å². The summed E-state index contributed by atoms with van der Waals surface area (Å²) in [6.45, 7) is 3.92. The van der Waals surface area contributed by atoms with E-state index >= 15 is 0 Å². The third-order valence-electron chi connectivity index (χ3n) is 3.56. The highest BCUT2D eigenvalue weighted by Gasteiger charge is 2.32. The first-order valence-corrected chi connectivity index (χ1v) is 8.23. The highest BCUT2D eigenvalue weighted by Crippen LogP contribution is 2.22. The van der Waals surface area contributed by atoms with Gasteiger partial charge in [-0.1, -0.05) is 6.42 Å². The summed E-state index contributed by atoms with van der Waals surface area (Å²) >= 11 is 0. The van der Waals surface area contributed by atoms with Crippen LogP contribution in [0, 0.1) is 13.8 Å². The number of aliphatic hydroxyl groups excluding tert-OH is 1. The fraction of sp³-hybridized carbons (Fsp3) is 0.615. The molecule has 2 heterocycles. The van der Waals surface area contributed by atoms with Crippen LogP contribution >= 0.6 is 0 Å². The van der Waals surface area contributed by atoms with E-state index in [1.54, 1.807) is 19.1 Å². The third-order valence-corrected chi connectivity index (χ3v) is 5.13. The van der Waals surface area contributed by atoms with Crippen LogP contribution in [0.4, 0.5) is 5.69 Å². The largest absolute Gasteiger partial charge is 0.395 e. The number of aryl methyl sites for hydroxylation is 2. The Morgan fingerprint density at radius 3 is 2.80 bits per heavy atom. The topological polar surface area (TPSA) is 82.5 Å². The molecule has 1 aliphatic rings. The summed E-state index contributed by atoms with van der Waals surface area (Å²) in [5, 5.41) is 9.34. The summed E-state index contributed by atoms with van der Waals surface area (Å²) in [5.74, 6) is 0. The van der Waals surface area contributed by atoms with Gasteiger partial charge in [-0.25, -0.2) is 0 Å². The first-order valence-electron chi connectivity index (χ1n) is 6.79. The van der Waals surface area contributed by atoms with Gasteiger partial charge in [0.2, 0.25) is 0 Å². The van der Waals surface area contributed by atoms with Crippen molar-refractivity contribution in [2.24, 2.45) is 0 Å². The summed E-state index contributed by atoms with van der Waals surface area (Å²) in [5.41, 5.74) is 1.97. The highest BCUT2D eigenvalue weighted by atomic mass is 32.2. The molecule has 112 valence electrons. The van der Waals surface area contributed by atoms with Crippen LogP contribution in [0.5, 0.6) is 0 Å². The summed E-state index contributed by atoms with van der Waals surface area (Å²) in [6.07, 6.45) is 2.47. The van der Waals surface area contributed by atoms with Gasteiger partial charge in [-0.3, -0.25) is 9.71 Å². The van der Waals surface area contributed by atoms with Gasteiger partial charge in [0.1, 0.15) is 0 Å². The molecule has 1 aromatic heterocycles. The van der Waals surface area contributed by atoms with E-state index in [9.17, 15) is 13.5 Å².